The van der Waals surface area contributed by atoms with Crippen LogP contribution in [0.25, 0.3) is 0 Å². The summed E-state index contributed by atoms with van der Waals surface area (Å²) in [6.07, 6.45) is 3.51. The van der Waals surface area contributed by atoms with Gasteiger partial charge in [0, 0.05) is 5.41 Å². The van der Waals surface area contributed by atoms with E-state index in [-0.39, 0.29) is 5.78 Å². The molecule has 16 heavy (non-hydrogen) atoms. The van der Waals surface area contributed by atoms with Gasteiger partial charge in [0.1, 0.15) is 0 Å². The fourth-order valence-electron chi connectivity index (χ4n) is 1.71. The molecule has 0 saturated heterocycles. The zero-order valence-corrected chi connectivity index (χ0v) is 11.7. The summed E-state index contributed by atoms with van der Waals surface area (Å²) in [5, 5.41) is 0. The molecule has 0 aliphatic carbocycles. The van der Waals surface area contributed by atoms with E-state index in [0.29, 0.717) is 0 Å². The van der Waals surface area contributed by atoms with Gasteiger partial charge < -0.3 is 0 Å². The van der Waals surface area contributed by atoms with Gasteiger partial charge in [-0.15, -0.1) is 0 Å². The van der Waals surface area contributed by atoms with Crippen LogP contribution in [0.4, 0.5) is 0 Å². The Morgan fingerprint density at radius 2 is 1.38 bits per heavy atom. The van der Waals surface area contributed by atoms with Crippen LogP contribution < -0.4 is 0 Å². The first-order valence-corrected chi connectivity index (χ1v) is 6.03. The van der Waals surface area contributed by atoms with Crippen LogP contribution in [0.3, 0.4) is 0 Å². The van der Waals surface area contributed by atoms with Gasteiger partial charge in [0.2, 0.25) is 6.29 Å². The fourth-order valence-corrected chi connectivity index (χ4v) is 1.71. The van der Waals surface area contributed by atoms with E-state index in [4.69, 9.17) is 0 Å². The van der Waals surface area contributed by atoms with E-state index in [1.807, 2.05) is 47.8 Å². The summed E-state index contributed by atoms with van der Waals surface area (Å²) in [6.45, 7) is 13.4. The first-order valence-electron chi connectivity index (χ1n) is 6.03. The number of carbonyl (C=O) groups is 1. The van der Waals surface area contributed by atoms with Crippen LogP contribution in [0.5, 0.6) is 0 Å². The Bertz CT molecular complexity index is 269. The van der Waals surface area contributed by atoms with Gasteiger partial charge in [0.25, 0.3) is 0 Å². The Morgan fingerprint density at radius 1 is 1.00 bits per heavy atom. The predicted octanol–water partition coefficient (Wildman–Crippen LogP) is 3.54. The molecule has 0 aromatic carbocycles. The molecule has 0 aliphatic rings. The standard InChI is InChI=1S/C14H25O2/c1-8-13(6,9-2)11(16)14(7,10-15)12(3,4)5/h8-9H2,1-7H3. The van der Waals surface area contributed by atoms with E-state index in [2.05, 4.69) is 0 Å². The maximum absolute atomic E-state index is 12.6. The van der Waals surface area contributed by atoms with E-state index >= 15 is 0 Å². The molecule has 0 rings (SSSR count). The fraction of sp³-hybridized carbons (Fsp3) is 0.857. The van der Waals surface area contributed by atoms with Crippen molar-refractivity contribution in [2.24, 2.45) is 16.2 Å². The average molecular weight is 225 g/mol. The lowest BCUT2D eigenvalue weighted by Crippen LogP contribution is -2.48. The third kappa shape index (κ3) is 2.36. The van der Waals surface area contributed by atoms with E-state index in [9.17, 15) is 9.59 Å². The minimum atomic E-state index is -1.02. The van der Waals surface area contributed by atoms with Gasteiger partial charge in [-0.1, -0.05) is 41.5 Å². The molecular weight excluding hydrogens is 200 g/mol. The van der Waals surface area contributed by atoms with Gasteiger partial charge >= 0.3 is 0 Å². The molecule has 0 heterocycles. The molecule has 0 amide bonds. The first kappa shape index (κ1) is 15.3. The largest absolute Gasteiger partial charge is 0.298 e. The normalized spacial score (nSPS) is 16.7. The molecule has 0 aromatic heterocycles. The maximum atomic E-state index is 12.6. The van der Waals surface area contributed by atoms with Crippen LogP contribution in [0.15, 0.2) is 0 Å². The summed E-state index contributed by atoms with van der Waals surface area (Å²) in [5.74, 6) is 0.0208. The molecule has 0 spiro atoms. The second kappa shape index (κ2) is 4.68. The Morgan fingerprint density at radius 3 is 1.56 bits per heavy atom. The van der Waals surface area contributed by atoms with Crippen LogP contribution in [-0.4, -0.2) is 12.1 Å². The molecule has 0 saturated carbocycles. The zero-order valence-electron chi connectivity index (χ0n) is 11.7. The van der Waals surface area contributed by atoms with E-state index in [0.717, 1.165) is 12.8 Å². The Balaban J connectivity index is 5.46. The van der Waals surface area contributed by atoms with Crippen LogP contribution in [-0.2, 0) is 9.59 Å². The third-order valence-electron chi connectivity index (χ3n) is 4.27. The summed E-state index contributed by atoms with van der Waals surface area (Å²) in [7, 11) is 0. The lowest BCUT2D eigenvalue weighted by Gasteiger charge is -2.41. The third-order valence-corrected chi connectivity index (χ3v) is 4.27. The zero-order chi connectivity index (χ0) is 13.2. The molecule has 1 unspecified atom stereocenters. The van der Waals surface area contributed by atoms with Gasteiger partial charge in [-0.3, -0.25) is 9.59 Å². The monoisotopic (exact) mass is 225 g/mol. The van der Waals surface area contributed by atoms with Crippen molar-refractivity contribution in [1.29, 1.82) is 0 Å². The Kier molecular flexibility index (Phi) is 4.49. The van der Waals surface area contributed by atoms with Crippen molar-refractivity contribution >= 4 is 12.1 Å². The second-order valence-corrected chi connectivity index (χ2v) is 6.07. The molecule has 0 N–H and O–H groups in total. The summed E-state index contributed by atoms with van der Waals surface area (Å²) >= 11 is 0. The van der Waals surface area contributed by atoms with Crippen LogP contribution in [0.2, 0.25) is 0 Å². The Hall–Kier alpha value is -0.660. The number of hydrogen-bond donors (Lipinski definition) is 0. The maximum Gasteiger partial charge on any atom is 0.213 e. The van der Waals surface area contributed by atoms with Crippen LogP contribution >= 0.6 is 0 Å². The van der Waals surface area contributed by atoms with Crippen molar-refractivity contribution in [3.8, 4) is 0 Å². The number of Topliss-reactive ketones (excluding diaryl/α,β-unsaturated/α-hetero) is 1. The quantitative estimate of drug-likeness (QED) is 0.671. The topological polar surface area (TPSA) is 34.1 Å². The van der Waals surface area contributed by atoms with E-state index < -0.39 is 16.2 Å². The van der Waals surface area contributed by atoms with E-state index in [1.54, 1.807) is 6.92 Å². The number of carbonyl (C=O) groups excluding carboxylic acids is 2. The summed E-state index contributed by atoms with van der Waals surface area (Å²) < 4.78 is 0. The van der Waals surface area contributed by atoms with Crippen molar-refractivity contribution < 1.29 is 9.59 Å². The highest BCUT2D eigenvalue weighted by Gasteiger charge is 2.50. The molecule has 0 fully saturated rings. The molecular formula is C14H25O2. The highest BCUT2D eigenvalue weighted by Crippen LogP contribution is 2.44. The molecule has 1 atom stereocenters. The van der Waals surface area contributed by atoms with Crippen molar-refractivity contribution in [2.75, 3.05) is 0 Å². The van der Waals surface area contributed by atoms with E-state index in [1.165, 1.54) is 0 Å². The number of hydrogen-bond acceptors (Lipinski definition) is 2. The van der Waals surface area contributed by atoms with Crippen molar-refractivity contribution in [1.82, 2.24) is 0 Å². The highest BCUT2D eigenvalue weighted by atomic mass is 16.1. The molecule has 2 nitrogen and oxygen atoms in total. The summed E-state index contributed by atoms with van der Waals surface area (Å²) in [5.41, 5.74) is -1.83. The summed E-state index contributed by atoms with van der Waals surface area (Å²) in [4.78, 5) is 23.8. The second-order valence-electron chi connectivity index (χ2n) is 6.07. The number of rotatable bonds is 5. The van der Waals surface area contributed by atoms with Gasteiger partial charge in [-0.2, -0.15) is 0 Å². The van der Waals surface area contributed by atoms with Gasteiger partial charge in [0.15, 0.2) is 5.78 Å². The lowest BCUT2D eigenvalue weighted by molar-refractivity contribution is -0.139. The van der Waals surface area contributed by atoms with Crippen LogP contribution in [0.1, 0.15) is 61.3 Å². The SMILES string of the molecule is CCC(C)(CC)C(=O)C(C)([C]=O)C(C)(C)C. The van der Waals surface area contributed by atoms with Gasteiger partial charge in [-0.05, 0) is 25.2 Å². The molecule has 93 valence electrons. The lowest BCUT2D eigenvalue weighted by atomic mass is 9.59. The highest BCUT2D eigenvalue weighted by molar-refractivity contribution is 6.02. The minimum Gasteiger partial charge on any atom is -0.298 e. The summed E-state index contributed by atoms with van der Waals surface area (Å²) in [6, 6.07) is 0. The van der Waals surface area contributed by atoms with Gasteiger partial charge in [0.05, 0.1) is 5.41 Å². The van der Waals surface area contributed by atoms with Crippen molar-refractivity contribution in [3.05, 3.63) is 0 Å². The first-order chi connectivity index (χ1) is 7.09. The molecule has 0 bridgehead atoms. The number of ketones is 1. The van der Waals surface area contributed by atoms with Crippen molar-refractivity contribution in [2.45, 2.75) is 61.3 Å². The minimum absolute atomic E-state index is 0.0208. The molecule has 1 radical (unpaired) electrons. The molecule has 0 aromatic rings. The van der Waals surface area contributed by atoms with Gasteiger partial charge in [-0.25, -0.2) is 0 Å². The molecule has 2 heteroatoms. The van der Waals surface area contributed by atoms with Crippen LogP contribution in [0, 0.1) is 16.2 Å². The average Bonchev–Trinajstić information content (AvgIpc) is 2.24. The Labute approximate surface area is 99.8 Å². The smallest absolute Gasteiger partial charge is 0.213 e. The van der Waals surface area contributed by atoms with Crippen molar-refractivity contribution in [3.63, 3.8) is 0 Å². The predicted molar refractivity (Wildman–Crippen MR) is 67.0 cm³/mol. The molecule has 0 aliphatic heterocycles.